The molecule has 0 aliphatic heterocycles. The molecule has 0 spiro atoms. The molecule has 3 nitrogen and oxygen atoms in total. The number of rotatable bonds is 5. The molecule has 7 aromatic rings. The summed E-state index contributed by atoms with van der Waals surface area (Å²) in [4.78, 5) is 15.2. The number of aromatic nitrogens is 3. The Morgan fingerprint density at radius 3 is 2.34 bits per heavy atom. The summed E-state index contributed by atoms with van der Waals surface area (Å²) in [6.45, 7) is 2.16. The summed E-state index contributed by atoms with van der Waals surface area (Å²) in [7, 11) is 0. The van der Waals surface area contributed by atoms with Crippen LogP contribution in [0.3, 0.4) is 0 Å². The first kappa shape index (κ1) is 30.2. The molecule has 2 aliphatic rings. The molecular formula is C47H37N3. The van der Waals surface area contributed by atoms with Crippen molar-refractivity contribution in [3.8, 4) is 33.8 Å². The third-order valence-corrected chi connectivity index (χ3v) is 10.2. The molecule has 0 atom stereocenters. The van der Waals surface area contributed by atoms with Crippen LogP contribution >= 0.6 is 0 Å². The maximum absolute atomic E-state index is 5.43. The SMILES string of the molecule is Cc1cc(-c2cccnc2)cc(-c2cc(C3=CCCC(c4cccc5ccccc45)=C3)nc(-c3cc4ccccc4c4c3CCCC=C4)n2)c1. The average Bonchev–Trinajstić information content (AvgIpc) is 3.44. The van der Waals surface area contributed by atoms with Crippen molar-refractivity contribution in [1.82, 2.24) is 15.0 Å². The number of hydrogen-bond acceptors (Lipinski definition) is 3. The maximum atomic E-state index is 5.43. The molecule has 0 saturated heterocycles. The summed E-state index contributed by atoms with van der Waals surface area (Å²) in [5, 5.41) is 5.07. The lowest BCUT2D eigenvalue weighted by Crippen LogP contribution is -2.03. The summed E-state index contributed by atoms with van der Waals surface area (Å²) in [6.07, 6.45) is 18.3. The fraction of sp³-hybridized carbons (Fsp3) is 0.128. The van der Waals surface area contributed by atoms with Gasteiger partial charge in [0.2, 0.25) is 0 Å². The van der Waals surface area contributed by atoms with Crippen molar-refractivity contribution in [3.05, 3.63) is 168 Å². The van der Waals surface area contributed by atoms with E-state index in [1.54, 1.807) is 0 Å². The molecule has 2 heterocycles. The molecule has 240 valence electrons. The van der Waals surface area contributed by atoms with Crippen LogP contribution in [0.5, 0.6) is 0 Å². The van der Waals surface area contributed by atoms with E-state index in [2.05, 4.69) is 139 Å². The molecule has 0 fully saturated rings. The van der Waals surface area contributed by atoms with Gasteiger partial charge >= 0.3 is 0 Å². The van der Waals surface area contributed by atoms with E-state index in [4.69, 9.17) is 9.97 Å². The van der Waals surface area contributed by atoms with E-state index >= 15 is 0 Å². The zero-order valence-electron chi connectivity index (χ0n) is 28.2. The molecule has 0 saturated carbocycles. The molecule has 0 radical (unpaired) electrons. The van der Waals surface area contributed by atoms with Gasteiger partial charge in [-0.2, -0.15) is 0 Å². The summed E-state index contributed by atoms with van der Waals surface area (Å²) in [5.74, 6) is 0.783. The predicted molar refractivity (Wildman–Crippen MR) is 209 cm³/mol. The van der Waals surface area contributed by atoms with Crippen LogP contribution in [0.15, 0.2) is 140 Å². The van der Waals surface area contributed by atoms with Crippen molar-refractivity contribution >= 4 is 38.8 Å². The first-order valence-corrected chi connectivity index (χ1v) is 17.7. The minimum Gasteiger partial charge on any atom is -0.264 e. The second kappa shape index (κ2) is 12.8. The molecule has 3 heteroatoms. The zero-order valence-corrected chi connectivity index (χ0v) is 28.2. The fourth-order valence-electron chi connectivity index (χ4n) is 7.77. The summed E-state index contributed by atoms with van der Waals surface area (Å²) in [5.41, 5.74) is 13.9. The standard InChI is InChI=1S/C47H37N3/c1-31-24-37(36-17-11-23-48-30-36)27-38(25-31)46-29-45(35-16-9-15-33(26-35)40-22-10-14-32-12-5-7-18-39(32)40)49-47(50-46)44-28-34-13-6-8-19-41(34)42-20-3-2-4-21-43(42)44/h3,5-8,10-14,16-20,22-30H,2,4,9,15,21H2,1H3. The first-order valence-electron chi connectivity index (χ1n) is 17.7. The van der Waals surface area contributed by atoms with Crippen LogP contribution in [-0.2, 0) is 6.42 Å². The van der Waals surface area contributed by atoms with Crippen molar-refractivity contribution in [3.63, 3.8) is 0 Å². The van der Waals surface area contributed by atoms with Gasteiger partial charge in [-0.25, -0.2) is 9.97 Å². The average molecular weight is 644 g/mol. The Balaban J connectivity index is 1.26. The molecule has 0 amide bonds. The Labute approximate surface area is 293 Å². The predicted octanol–water partition coefficient (Wildman–Crippen LogP) is 12.1. The second-order valence-electron chi connectivity index (χ2n) is 13.5. The van der Waals surface area contributed by atoms with Gasteiger partial charge in [0.05, 0.1) is 11.4 Å². The highest BCUT2D eigenvalue weighted by molar-refractivity contribution is 5.98. The molecule has 2 aromatic heterocycles. The summed E-state index contributed by atoms with van der Waals surface area (Å²) >= 11 is 0. The number of nitrogens with zero attached hydrogens (tertiary/aromatic N) is 3. The third kappa shape index (κ3) is 5.65. The Hall–Kier alpha value is -5.93. The molecule has 50 heavy (non-hydrogen) atoms. The van der Waals surface area contributed by atoms with Gasteiger partial charge < -0.3 is 0 Å². The van der Waals surface area contributed by atoms with E-state index in [1.165, 1.54) is 49.4 Å². The zero-order chi connectivity index (χ0) is 33.4. The van der Waals surface area contributed by atoms with Crippen LogP contribution in [0.1, 0.15) is 53.6 Å². The normalized spacial score (nSPS) is 14.3. The van der Waals surface area contributed by atoms with Crippen LogP contribution in [0.4, 0.5) is 0 Å². The number of hydrogen-bond donors (Lipinski definition) is 0. The van der Waals surface area contributed by atoms with E-state index in [0.29, 0.717) is 0 Å². The van der Waals surface area contributed by atoms with Crippen molar-refractivity contribution in [2.24, 2.45) is 0 Å². The first-order chi connectivity index (χ1) is 24.7. The van der Waals surface area contributed by atoms with Crippen LogP contribution < -0.4 is 0 Å². The largest absolute Gasteiger partial charge is 0.264 e. The molecule has 0 N–H and O–H groups in total. The van der Waals surface area contributed by atoms with Gasteiger partial charge in [0.15, 0.2) is 5.82 Å². The highest BCUT2D eigenvalue weighted by atomic mass is 14.9. The fourth-order valence-corrected chi connectivity index (χ4v) is 7.77. The lowest BCUT2D eigenvalue weighted by molar-refractivity contribution is 0.852. The summed E-state index contributed by atoms with van der Waals surface area (Å²) < 4.78 is 0. The van der Waals surface area contributed by atoms with Gasteiger partial charge in [-0.3, -0.25) is 4.98 Å². The smallest absolute Gasteiger partial charge is 0.160 e. The van der Waals surface area contributed by atoms with E-state index in [9.17, 15) is 0 Å². The van der Waals surface area contributed by atoms with Crippen LogP contribution in [-0.4, -0.2) is 15.0 Å². The van der Waals surface area contributed by atoms with E-state index < -0.39 is 0 Å². The number of benzene rings is 5. The van der Waals surface area contributed by atoms with Crippen molar-refractivity contribution in [2.45, 2.75) is 39.0 Å². The monoisotopic (exact) mass is 643 g/mol. The molecule has 5 aromatic carbocycles. The van der Waals surface area contributed by atoms with E-state index in [1.807, 2.05) is 18.5 Å². The Morgan fingerprint density at radius 1 is 0.620 bits per heavy atom. The second-order valence-corrected chi connectivity index (χ2v) is 13.5. The Morgan fingerprint density at radius 2 is 1.44 bits per heavy atom. The molecule has 2 aliphatic carbocycles. The van der Waals surface area contributed by atoms with E-state index in [-0.39, 0.29) is 0 Å². The number of aryl methyl sites for hydroxylation is 1. The highest BCUT2D eigenvalue weighted by Crippen LogP contribution is 2.39. The Bertz CT molecular complexity index is 2510. The van der Waals surface area contributed by atoms with Gasteiger partial charge in [0.25, 0.3) is 0 Å². The minimum atomic E-state index is 0.783. The van der Waals surface area contributed by atoms with Crippen LogP contribution in [0.25, 0.3) is 72.5 Å². The molecule has 0 bridgehead atoms. The number of fused-ring (bicyclic) bond motifs is 4. The quantitative estimate of drug-likeness (QED) is 0.187. The molecule has 0 unspecified atom stereocenters. The van der Waals surface area contributed by atoms with Crippen molar-refractivity contribution in [1.29, 1.82) is 0 Å². The highest BCUT2D eigenvalue weighted by Gasteiger charge is 2.20. The lowest BCUT2D eigenvalue weighted by atomic mass is 9.89. The van der Waals surface area contributed by atoms with Gasteiger partial charge in [0, 0.05) is 29.1 Å². The molecular weight excluding hydrogens is 607 g/mol. The number of allylic oxidation sites excluding steroid dienone is 5. The van der Waals surface area contributed by atoms with E-state index in [0.717, 1.165) is 77.1 Å². The number of pyridine rings is 1. The third-order valence-electron chi connectivity index (χ3n) is 10.2. The maximum Gasteiger partial charge on any atom is 0.160 e. The van der Waals surface area contributed by atoms with Crippen molar-refractivity contribution < 1.29 is 0 Å². The molecule has 9 rings (SSSR count). The van der Waals surface area contributed by atoms with Gasteiger partial charge in [-0.05, 0) is 136 Å². The Kier molecular flexibility index (Phi) is 7.74. The minimum absolute atomic E-state index is 0.783. The lowest BCUT2D eigenvalue weighted by Gasteiger charge is -2.19. The van der Waals surface area contributed by atoms with Crippen LogP contribution in [0.2, 0.25) is 0 Å². The topological polar surface area (TPSA) is 38.7 Å². The van der Waals surface area contributed by atoms with Gasteiger partial charge in [-0.1, -0.05) is 97.1 Å². The van der Waals surface area contributed by atoms with Gasteiger partial charge in [0.1, 0.15) is 0 Å². The van der Waals surface area contributed by atoms with Gasteiger partial charge in [-0.15, -0.1) is 0 Å². The summed E-state index contributed by atoms with van der Waals surface area (Å²) in [6, 6.07) is 39.4. The van der Waals surface area contributed by atoms with Crippen LogP contribution in [0, 0.1) is 6.92 Å². The van der Waals surface area contributed by atoms with Crippen molar-refractivity contribution in [2.75, 3.05) is 0 Å².